The van der Waals surface area contributed by atoms with Gasteiger partial charge in [-0.1, -0.05) is 13.8 Å². The summed E-state index contributed by atoms with van der Waals surface area (Å²) in [5.41, 5.74) is 7.37. The molecular formula is C14H20N2O3S. The van der Waals surface area contributed by atoms with Gasteiger partial charge in [-0.2, -0.15) is 0 Å². The second kappa shape index (κ2) is 5.93. The van der Waals surface area contributed by atoms with Crippen LogP contribution in [0, 0.1) is 5.92 Å². The first-order valence-corrected chi connectivity index (χ1v) is 7.56. The Bertz CT molecular complexity index is 537. The summed E-state index contributed by atoms with van der Waals surface area (Å²) >= 11 is 1.46. The van der Waals surface area contributed by atoms with Crippen LogP contribution in [-0.2, 0) is 22.4 Å². The highest BCUT2D eigenvalue weighted by atomic mass is 32.1. The van der Waals surface area contributed by atoms with Crippen molar-refractivity contribution in [3.05, 3.63) is 16.0 Å². The second-order valence-electron chi connectivity index (χ2n) is 5.31. The molecule has 0 spiro atoms. The third-order valence-corrected chi connectivity index (χ3v) is 4.78. The molecule has 5 nitrogen and oxygen atoms in total. The minimum Gasteiger partial charge on any atom is -0.465 e. The summed E-state index contributed by atoms with van der Waals surface area (Å²) in [5, 5.41) is 3.36. The molecule has 1 aromatic heterocycles. The minimum atomic E-state index is -0.586. The molecular weight excluding hydrogens is 276 g/mol. The average Bonchev–Trinajstić information content (AvgIpc) is 2.96. The first-order chi connectivity index (χ1) is 9.45. The third kappa shape index (κ3) is 2.71. The highest BCUT2D eigenvalue weighted by Crippen LogP contribution is 2.39. The number of carbonyl (C=O) groups is 2. The lowest BCUT2D eigenvalue weighted by molar-refractivity contribution is -0.118. The number of rotatable bonds is 4. The molecule has 0 radical (unpaired) electrons. The molecule has 0 aromatic carbocycles. The lowest BCUT2D eigenvalue weighted by Gasteiger charge is -2.15. The van der Waals surface area contributed by atoms with E-state index in [1.807, 2.05) is 13.8 Å². The first-order valence-electron chi connectivity index (χ1n) is 6.75. The van der Waals surface area contributed by atoms with Crippen molar-refractivity contribution in [2.75, 3.05) is 12.4 Å². The first kappa shape index (κ1) is 15.0. The molecule has 0 bridgehead atoms. The van der Waals surface area contributed by atoms with E-state index < -0.39 is 12.0 Å². The number of methoxy groups -OCH3 is 1. The second-order valence-corrected chi connectivity index (χ2v) is 6.42. The molecule has 0 saturated heterocycles. The van der Waals surface area contributed by atoms with Gasteiger partial charge in [0, 0.05) is 4.88 Å². The largest absolute Gasteiger partial charge is 0.465 e. The average molecular weight is 296 g/mol. The maximum atomic E-state index is 12.1. The Morgan fingerprint density at radius 2 is 2.05 bits per heavy atom. The standard InChI is InChI=1S/C14H20N2O3S/c1-7(2)11(15)12(17)16-13-10(14(18)19-3)8-5-4-6-9(8)20-13/h7,11H,4-6,15H2,1-3H3,(H,16,17). The SMILES string of the molecule is COC(=O)c1c(NC(=O)C(N)C(C)C)sc2c1CCC2. The number of thiophene rings is 1. The zero-order valence-electron chi connectivity index (χ0n) is 12.0. The molecule has 1 aliphatic carbocycles. The van der Waals surface area contributed by atoms with Gasteiger partial charge >= 0.3 is 5.97 Å². The number of fused-ring (bicyclic) bond motifs is 1. The Morgan fingerprint density at radius 1 is 1.35 bits per heavy atom. The Hall–Kier alpha value is -1.40. The van der Waals surface area contributed by atoms with Gasteiger partial charge in [0.15, 0.2) is 0 Å². The normalized spacial score (nSPS) is 15.1. The van der Waals surface area contributed by atoms with Gasteiger partial charge < -0.3 is 15.8 Å². The Labute approximate surface area is 122 Å². The summed E-state index contributed by atoms with van der Waals surface area (Å²) in [4.78, 5) is 25.2. The molecule has 1 aliphatic rings. The number of hydrogen-bond acceptors (Lipinski definition) is 5. The van der Waals surface area contributed by atoms with Crippen LogP contribution in [0.25, 0.3) is 0 Å². The fourth-order valence-electron chi connectivity index (χ4n) is 2.31. The summed E-state index contributed by atoms with van der Waals surface area (Å²) in [6.07, 6.45) is 2.86. The van der Waals surface area contributed by atoms with Crippen LogP contribution in [0.3, 0.4) is 0 Å². The highest BCUT2D eigenvalue weighted by Gasteiger charge is 2.29. The number of aryl methyl sites for hydroxylation is 1. The van der Waals surface area contributed by atoms with Crippen molar-refractivity contribution in [2.24, 2.45) is 11.7 Å². The van der Waals surface area contributed by atoms with Crippen LogP contribution in [0.4, 0.5) is 5.00 Å². The number of hydrogen-bond donors (Lipinski definition) is 2. The Morgan fingerprint density at radius 3 is 2.65 bits per heavy atom. The van der Waals surface area contributed by atoms with Crippen molar-refractivity contribution < 1.29 is 14.3 Å². The van der Waals surface area contributed by atoms with Crippen LogP contribution >= 0.6 is 11.3 Å². The van der Waals surface area contributed by atoms with E-state index in [1.54, 1.807) is 0 Å². The number of ether oxygens (including phenoxy) is 1. The van der Waals surface area contributed by atoms with Gasteiger partial charge in [0.05, 0.1) is 18.7 Å². The lowest BCUT2D eigenvalue weighted by atomic mass is 10.0. The third-order valence-electron chi connectivity index (χ3n) is 3.57. The van der Waals surface area contributed by atoms with Crippen molar-refractivity contribution in [2.45, 2.75) is 39.2 Å². The van der Waals surface area contributed by atoms with Gasteiger partial charge in [-0.3, -0.25) is 4.79 Å². The molecule has 20 heavy (non-hydrogen) atoms. The Balaban J connectivity index is 2.28. The predicted molar refractivity (Wildman–Crippen MR) is 79.1 cm³/mol. The van der Waals surface area contributed by atoms with E-state index in [-0.39, 0.29) is 11.8 Å². The topological polar surface area (TPSA) is 81.4 Å². The fourth-order valence-corrected chi connectivity index (χ4v) is 3.59. The predicted octanol–water partition coefficient (Wildman–Crippen LogP) is 1.95. The monoisotopic (exact) mass is 296 g/mol. The molecule has 1 amide bonds. The van der Waals surface area contributed by atoms with Crippen LogP contribution < -0.4 is 11.1 Å². The number of nitrogens with one attached hydrogen (secondary N) is 1. The highest BCUT2D eigenvalue weighted by molar-refractivity contribution is 7.17. The molecule has 0 fully saturated rings. The van der Waals surface area contributed by atoms with E-state index in [0.717, 1.165) is 24.8 Å². The van der Waals surface area contributed by atoms with Gasteiger partial charge in [-0.05, 0) is 30.7 Å². The summed E-state index contributed by atoms with van der Waals surface area (Å²) in [6, 6.07) is -0.586. The zero-order valence-corrected chi connectivity index (χ0v) is 12.8. The van der Waals surface area contributed by atoms with Crippen LogP contribution in [0.2, 0.25) is 0 Å². The number of amides is 1. The van der Waals surface area contributed by atoms with E-state index in [1.165, 1.54) is 23.3 Å². The molecule has 1 unspecified atom stereocenters. The molecule has 0 saturated carbocycles. The van der Waals surface area contributed by atoms with Gasteiger partial charge in [0.2, 0.25) is 5.91 Å². The molecule has 0 aliphatic heterocycles. The number of anilines is 1. The maximum absolute atomic E-state index is 12.1. The van der Waals surface area contributed by atoms with Gasteiger partial charge in [-0.15, -0.1) is 11.3 Å². The summed E-state index contributed by atoms with van der Waals surface area (Å²) in [6.45, 7) is 3.78. The summed E-state index contributed by atoms with van der Waals surface area (Å²) < 4.78 is 4.84. The van der Waals surface area contributed by atoms with Crippen LogP contribution in [-0.4, -0.2) is 25.0 Å². The maximum Gasteiger partial charge on any atom is 0.341 e. The van der Waals surface area contributed by atoms with Crippen molar-refractivity contribution in [1.82, 2.24) is 0 Å². The minimum absolute atomic E-state index is 0.0448. The summed E-state index contributed by atoms with van der Waals surface area (Å²) in [7, 11) is 1.35. The number of nitrogens with two attached hydrogens (primary N) is 1. The van der Waals surface area contributed by atoms with E-state index in [9.17, 15) is 9.59 Å². The van der Waals surface area contributed by atoms with Gasteiger partial charge in [0.1, 0.15) is 5.00 Å². The molecule has 1 heterocycles. The van der Waals surface area contributed by atoms with E-state index >= 15 is 0 Å². The van der Waals surface area contributed by atoms with Gasteiger partial charge in [-0.25, -0.2) is 4.79 Å². The van der Waals surface area contributed by atoms with E-state index in [4.69, 9.17) is 10.5 Å². The van der Waals surface area contributed by atoms with Crippen LogP contribution in [0.15, 0.2) is 0 Å². The molecule has 3 N–H and O–H groups in total. The van der Waals surface area contributed by atoms with Crippen molar-refractivity contribution >= 4 is 28.2 Å². The van der Waals surface area contributed by atoms with Crippen molar-refractivity contribution in [3.8, 4) is 0 Å². The van der Waals surface area contributed by atoms with Crippen LogP contribution in [0.5, 0.6) is 0 Å². The fraction of sp³-hybridized carbons (Fsp3) is 0.571. The quantitative estimate of drug-likeness (QED) is 0.832. The van der Waals surface area contributed by atoms with E-state index in [2.05, 4.69) is 5.32 Å². The number of carbonyl (C=O) groups excluding carboxylic acids is 2. The lowest BCUT2D eigenvalue weighted by Crippen LogP contribution is -2.39. The van der Waals surface area contributed by atoms with Crippen LogP contribution in [0.1, 0.15) is 41.1 Å². The molecule has 2 rings (SSSR count). The molecule has 6 heteroatoms. The van der Waals surface area contributed by atoms with E-state index in [0.29, 0.717) is 10.6 Å². The molecule has 1 atom stereocenters. The zero-order chi connectivity index (χ0) is 14.9. The summed E-state index contributed by atoms with van der Waals surface area (Å²) in [5.74, 6) is -0.605. The molecule has 1 aromatic rings. The number of esters is 1. The Kier molecular flexibility index (Phi) is 4.45. The van der Waals surface area contributed by atoms with Crippen molar-refractivity contribution in [1.29, 1.82) is 0 Å². The van der Waals surface area contributed by atoms with Crippen molar-refractivity contribution in [3.63, 3.8) is 0 Å². The molecule has 110 valence electrons. The van der Waals surface area contributed by atoms with Gasteiger partial charge in [0.25, 0.3) is 0 Å². The smallest absolute Gasteiger partial charge is 0.341 e.